The van der Waals surface area contributed by atoms with Crippen molar-refractivity contribution < 1.29 is 0 Å². The van der Waals surface area contributed by atoms with Crippen molar-refractivity contribution in [3.05, 3.63) is 155 Å². The number of amidine groups is 2. The molecule has 0 saturated carbocycles. The van der Waals surface area contributed by atoms with Gasteiger partial charge in [-0.2, -0.15) is 0 Å². The molecule has 0 unspecified atom stereocenters. The van der Waals surface area contributed by atoms with E-state index in [0.29, 0.717) is 18.2 Å². The van der Waals surface area contributed by atoms with Crippen LogP contribution in [0.4, 0.5) is 0 Å². The largest absolute Gasteiger partial charge is 0.261 e. The molecule has 3 aromatic carbocycles. The smallest absolute Gasteiger partial charge is 0.161 e. The lowest BCUT2D eigenvalue weighted by molar-refractivity contribution is 1.01. The molecule has 204 valence electrons. The molecule has 0 aliphatic carbocycles. The molecule has 3 aromatic rings. The SMILES string of the molecule is C#C.C=C/C=C(\C)C(=C)/C=C\Cc1c(C)cccc1CN=C(N=C(N=C)c1ccccc1)c1ccccc1.CC. The summed E-state index contributed by atoms with van der Waals surface area (Å²) >= 11 is 0. The standard InChI is InChI=1S/C33H33N3.C2H6.C2H2/c1-6-15-25(2)26(3)16-14-23-31-27(4)17-13-22-30(31)24-35-33(29-20-11-8-12-21-29)36-32(34-5)28-18-9-7-10-19-28;2*1-2/h6-22H,1,3,5,23-24H2,2,4H3;1-2H3;1-2H/b16-14-,25-15+,35-33?,36-32?;;. The fourth-order valence-corrected chi connectivity index (χ4v) is 3.75. The van der Waals surface area contributed by atoms with E-state index in [2.05, 4.69) is 75.0 Å². The van der Waals surface area contributed by atoms with Crippen LogP contribution in [0, 0.1) is 19.8 Å². The minimum absolute atomic E-state index is 0.508. The van der Waals surface area contributed by atoms with Gasteiger partial charge in [0.1, 0.15) is 0 Å². The minimum Gasteiger partial charge on any atom is -0.261 e. The Balaban J connectivity index is 0.00000191. The van der Waals surface area contributed by atoms with Gasteiger partial charge in [0.05, 0.1) is 6.54 Å². The second-order valence-corrected chi connectivity index (χ2v) is 8.40. The van der Waals surface area contributed by atoms with E-state index in [0.717, 1.165) is 28.7 Å². The quantitative estimate of drug-likeness (QED) is 0.115. The molecule has 0 fully saturated rings. The van der Waals surface area contributed by atoms with Gasteiger partial charge < -0.3 is 0 Å². The molecule has 0 aromatic heterocycles. The van der Waals surface area contributed by atoms with Crippen LogP contribution in [0.15, 0.2) is 142 Å². The highest BCUT2D eigenvalue weighted by molar-refractivity contribution is 6.12. The molecule has 0 heterocycles. The van der Waals surface area contributed by atoms with Crippen molar-refractivity contribution in [1.29, 1.82) is 0 Å². The Bertz CT molecular complexity index is 1370. The molecule has 0 N–H and O–H groups in total. The molecule has 3 nitrogen and oxygen atoms in total. The monoisotopic (exact) mass is 527 g/mol. The highest BCUT2D eigenvalue weighted by Crippen LogP contribution is 2.19. The van der Waals surface area contributed by atoms with Crippen molar-refractivity contribution in [2.45, 2.75) is 40.7 Å². The fourth-order valence-electron chi connectivity index (χ4n) is 3.75. The molecule has 3 heteroatoms. The molecule has 0 atom stereocenters. The highest BCUT2D eigenvalue weighted by Gasteiger charge is 2.09. The van der Waals surface area contributed by atoms with E-state index in [1.807, 2.05) is 87.5 Å². The zero-order chi connectivity index (χ0) is 29.8. The average Bonchev–Trinajstić information content (AvgIpc) is 3.01. The fraction of sp³-hybridized carbons (Fsp3) is 0.162. The first-order chi connectivity index (χ1) is 19.5. The maximum Gasteiger partial charge on any atom is 0.161 e. The van der Waals surface area contributed by atoms with Crippen molar-refractivity contribution in [2.24, 2.45) is 15.0 Å². The van der Waals surface area contributed by atoms with Crippen LogP contribution in [0.3, 0.4) is 0 Å². The van der Waals surface area contributed by atoms with Gasteiger partial charge in [0, 0.05) is 11.1 Å². The Hall–Kier alpha value is -4.81. The maximum atomic E-state index is 4.95. The van der Waals surface area contributed by atoms with Crippen LogP contribution in [0.25, 0.3) is 0 Å². The zero-order valence-electron chi connectivity index (χ0n) is 24.3. The summed E-state index contributed by atoms with van der Waals surface area (Å²) in [5.74, 6) is 1.18. The Morgan fingerprint density at radius 3 is 1.98 bits per heavy atom. The van der Waals surface area contributed by atoms with Crippen LogP contribution in [-0.4, -0.2) is 18.4 Å². The van der Waals surface area contributed by atoms with E-state index in [9.17, 15) is 0 Å². The minimum atomic E-state index is 0.508. The Kier molecular flexibility index (Phi) is 16.0. The number of aliphatic imine (C=N–C) groups is 3. The molecule has 40 heavy (non-hydrogen) atoms. The number of nitrogens with zero attached hydrogens (tertiary/aromatic N) is 3. The summed E-state index contributed by atoms with van der Waals surface area (Å²) in [4.78, 5) is 14.0. The summed E-state index contributed by atoms with van der Waals surface area (Å²) in [5, 5.41) is 0. The predicted molar refractivity (Wildman–Crippen MR) is 178 cm³/mol. The normalized spacial score (nSPS) is 11.5. The number of hydrogen-bond donors (Lipinski definition) is 0. The van der Waals surface area contributed by atoms with E-state index < -0.39 is 0 Å². The van der Waals surface area contributed by atoms with Crippen molar-refractivity contribution >= 4 is 18.4 Å². The molecular formula is C37H41N3. The lowest BCUT2D eigenvalue weighted by Gasteiger charge is -2.11. The van der Waals surface area contributed by atoms with Gasteiger partial charge in [-0.1, -0.05) is 130 Å². The maximum absolute atomic E-state index is 4.95. The van der Waals surface area contributed by atoms with E-state index in [4.69, 9.17) is 9.98 Å². The zero-order valence-corrected chi connectivity index (χ0v) is 24.3. The lowest BCUT2D eigenvalue weighted by Crippen LogP contribution is -2.06. The summed E-state index contributed by atoms with van der Waals surface area (Å²) in [5.41, 5.74) is 7.58. The van der Waals surface area contributed by atoms with Gasteiger partial charge in [0.15, 0.2) is 11.7 Å². The number of allylic oxidation sites excluding steroid dienone is 6. The second-order valence-electron chi connectivity index (χ2n) is 8.40. The van der Waals surface area contributed by atoms with Gasteiger partial charge in [0.2, 0.25) is 0 Å². The number of terminal acetylenes is 1. The van der Waals surface area contributed by atoms with E-state index in [-0.39, 0.29) is 0 Å². The summed E-state index contributed by atoms with van der Waals surface area (Å²) in [6, 6.07) is 26.2. The van der Waals surface area contributed by atoms with Gasteiger partial charge in [-0.15, -0.1) is 12.8 Å². The second kappa shape index (κ2) is 19.3. The van der Waals surface area contributed by atoms with Crippen LogP contribution < -0.4 is 0 Å². The third kappa shape index (κ3) is 10.5. The van der Waals surface area contributed by atoms with Gasteiger partial charge in [-0.25, -0.2) is 9.98 Å². The average molecular weight is 528 g/mol. The molecule has 0 bridgehead atoms. The van der Waals surface area contributed by atoms with Crippen LogP contribution in [0.1, 0.15) is 48.6 Å². The molecule has 3 rings (SSSR count). The number of benzene rings is 3. The molecule has 0 amide bonds. The van der Waals surface area contributed by atoms with E-state index in [1.165, 1.54) is 16.7 Å². The summed E-state index contributed by atoms with van der Waals surface area (Å²) in [7, 11) is 0. The van der Waals surface area contributed by atoms with Crippen molar-refractivity contribution in [3.63, 3.8) is 0 Å². The molecule has 0 aliphatic rings. The van der Waals surface area contributed by atoms with Gasteiger partial charge in [-0.05, 0) is 54.8 Å². The number of rotatable bonds is 9. The van der Waals surface area contributed by atoms with E-state index in [1.54, 1.807) is 6.08 Å². The molecule has 0 spiro atoms. The highest BCUT2D eigenvalue weighted by atomic mass is 15.0. The van der Waals surface area contributed by atoms with Crippen LogP contribution >= 0.6 is 0 Å². The van der Waals surface area contributed by atoms with Gasteiger partial charge in [0.25, 0.3) is 0 Å². The topological polar surface area (TPSA) is 37.1 Å². The molecule has 0 saturated heterocycles. The Labute approximate surface area is 241 Å². The lowest BCUT2D eigenvalue weighted by atomic mass is 9.98. The number of aryl methyl sites for hydroxylation is 1. The Morgan fingerprint density at radius 2 is 1.43 bits per heavy atom. The van der Waals surface area contributed by atoms with Crippen LogP contribution in [0.5, 0.6) is 0 Å². The summed E-state index contributed by atoms with van der Waals surface area (Å²) in [6.07, 6.45) is 16.8. The summed E-state index contributed by atoms with van der Waals surface area (Å²) < 4.78 is 0. The van der Waals surface area contributed by atoms with Gasteiger partial charge in [-0.3, -0.25) is 4.99 Å². The van der Waals surface area contributed by atoms with Crippen molar-refractivity contribution in [2.75, 3.05) is 0 Å². The first kappa shape index (κ1) is 33.2. The van der Waals surface area contributed by atoms with Gasteiger partial charge >= 0.3 is 0 Å². The van der Waals surface area contributed by atoms with Crippen LogP contribution in [-0.2, 0) is 13.0 Å². The third-order valence-corrected chi connectivity index (χ3v) is 5.85. The first-order valence-corrected chi connectivity index (χ1v) is 13.3. The van der Waals surface area contributed by atoms with Crippen molar-refractivity contribution in [1.82, 2.24) is 0 Å². The van der Waals surface area contributed by atoms with E-state index >= 15 is 0 Å². The first-order valence-electron chi connectivity index (χ1n) is 13.3. The Morgan fingerprint density at radius 1 is 0.850 bits per heavy atom. The predicted octanol–water partition coefficient (Wildman–Crippen LogP) is 9.15. The molecule has 0 radical (unpaired) electrons. The van der Waals surface area contributed by atoms with Crippen LogP contribution in [0.2, 0.25) is 0 Å². The molecular weight excluding hydrogens is 486 g/mol. The third-order valence-electron chi connectivity index (χ3n) is 5.85. The number of hydrogen-bond acceptors (Lipinski definition) is 1. The summed E-state index contributed by atoms with van der Waals surface area (Å²) in [6.45, 7) is 20.3. The molecule has 0 aliphatic heterocycles. The van der Waals surface area contributed by atoms with Crippen molar-refractivity contribution in [3.8, 4) is 12.8 Å².